The number of hydrogen-bond donors (Lipinski definition) is 1. The van der Waals surface area contributed by atoms with Crippen LogP contribution in [-0.2, 0) is 16.1 Å². The van der Waals surface area contributed by atoms with E-state index in [2.05, 4.69) is 5.32 Å². The van der Waals surface area contributed by atoms with Gasteiger partial charge in [-0.3, -0.25) is 14.4 Å². The van der Waals surface area contributed by atoms with Crippen LogP contribution in [-0.4, -0.2) is 41.2 Å². The summed E-state index contributed by atoms with van der Waals surface area (Å²) in [6, 6.07) is 18.2. The lowest BCUT2D eigenvalue weighted by Gasteiger charge is -2.29. The molecule has 0 aromatic heterocycles. The third-order valence-corrected chi connectivity index (χ3v) is 6.54. The minimum atomic E-state index is -0.632. The van der Waals surface area contributed by atoms with Gasteiger partial charge >= 0.3 is 0 Å². The molecule has 0 aliphatic carbocycles. The molecular formula is C28H30ClN3O3. The van der Waals surface area contributed by atoms with Gasteiger partial charge in [0.25, 0.3) is 5.91 Å². The number of anilines is 1. The first-order chi connectivity index (χ1) is 16.8. The van der Waals surface area contributed by atoms with Crippen LogP contribution in [0.25, 0.3) is 10.8 Å². The molecule has 3 amide bonds. The minimum Gasteiger partial charge on any atom is -0.352 e. The minimum absolute atomic E-state index is 0.0250. The Kier molecular flexibility index (Phi) is 7.41. The van der Waals surface area contributed by atoms with Crippen molar-refractivity contribution in [1.82, 2.24) is 10.2 Å². The van der Waals surface area contributed by atoms with Crippen LogP contribution >= 0.6 is 11.6 Å². The van der Waals surface area contributed by atoms with Crippen LogP contribution in [0.15, 0.2) is 60.7 Å². The van der Waals surface area contributed by atoms with E-state index in [-0.39, 0.29) is 30.2 Å². The van der Waals surface area contributed by atoms with E-state index in [1.165, 1.54) is 0 Å². The Morgan fingerprint density at radius 2 is 1.69 bits per heavy atom. The number of benzene rings is 3. The number of carbonyl (C=O) groups excluding carboxylic acids is 3. The SMILES string of the molecule is CC(C)NC(=O)[C@H](C)N(Cc1ccc(Cl)cc1)C(=O)CCCN1C(=O)c2cccc3cccc1c23. The lowest BCUT2D eigenvalue weighted by atomic mass is 10.1. The fourth-order valence-electron chi connectivity index (χ4n) is 4.51. The highest BCUT2D eigenvalue weighted by molar-refractivity contribution is 6.30. The van der Waals surface area contributed by atoms with Gasteiger partial charge in [-0.1, -0.05) is 48.0 Å². The van der Waals surface area contributed by atoms with Crippen LogP contribution < -0.4 is 10.2 Å². The summed E-state index contributed by atoms with van der Waals surface area (Å²) in [5.41, 5.74) is 2.48. The summed E-state index contributed by atoms with van der Waals surface area (Å²) in [4.78, 5) is 42.4. The maximum absolute atomic E-state index is 13.3. The molecule has 0 bridgehead atoms. The second kappa shape index (κ2) is 10.5. The van der Waals surface area contributed by atoms with Crippen molar-refractivity contribution in [2.75, 3.05) is 11.4 Å². The molecule has 182 valence electrons. The fraction of sp³-hybridized carbons (Fsp3) is 0.321. The standard InChI is InChI=1S/C28H30ClN3O3/c1-18(2)30-27(34)19(3)32(17-20-12-14-22(29)15-13-20)25(33)11-6-16-31-24-10-5-8-21-7-4-9-23(26(21)24)28(31)35/h4-5,7-10,12-15,18-19H,6,11,16-17H2,1-3H3,(H,30,34)/t19-/m0/s1. The number of hydrogen-bond acceptors (Lipinski definition) is 3. The van der Waals surface area contributed by atoms with Crippen LogP contribution in [0.1, 0.15) is 49.5 Å². The number of amides is 3. The van der Waals surface area contributed by atoms with Crippen molar-refractivity contribution in [3.05, 3.63) is 76.8 Å². The summed E-state index contributed by atoms with van der Waals surface area (Å²) in [5.74, 6) is -0.361. The second-order valence-electron chi connectivity index (χ2n) is 9.23. The zero-order valence-corrected chi connectivity index (χ0v) is 21.0. The molecule has 1 N–H and O–H groups in total. The third-order valence-electron chi connectivity index (χ3n) is 6.29. The number of nitrogens with one attached hydrogen (secondary N) is 1. The summed E-state index contributed by atoms with van der Waals surface area (Å²) in [6.45, 7) is 6.26. The normalized spacial score (nSPS) is 13.4. The van der Waals surface area contributed by atoms with Crippen molar-refractivity contribution in [2.45, 2.75) is 52.2 Å². The second-order valence-corrected chi connectivity index (χ2v) is 9.66. The molecule has 0 saturated heterocycles. The lowest BCUT2D eigenvalue weighted by Crippen LogP contribution is -2.49. The molecular weight excluding hydrogens is 462 g/mol. The van der Waals surface area contributed by atoms with Crippen LogP contribution in [0, 0.1) is 0 Å². The van der Waals surface area contributed by atoms with E-state index in [4.69, 9.17) is 11.6 Å². The van der Waals surface area contributed by atoms with Gasteiger partial charge in [0.15, 0.2) is 0 Å². The maximum atomic E-state index is 13.3. The highest BCUT2D eigenvalue weighted by atomic mass is 35.5. The van der Waals surface area contributed by atoms with E-state index in [0.29, 0.717) is 30.1 Å². The molecule has 7 heteroatoms. The summed E-state index contributed by atoms with van der Waals surface area (Å²) in [6.07, 6.45) is 0.716. The molecule has 1 aliphatic heterocycles. The highest BCUT2D eigenvalue weighted by Gasteiger charge is 2.30. The topological polar surface area (TPSA) is 69.7 Å². The van der Waals surface area contributed by atoms with Crippen molar-refractivity contribution in [3.63, 3.8) is 0 Å². The average Bonchev–Trinajstić information content (AvgIpc) is 3.11. The first-order valence-electron chi connectivity index (χ1n) is 11.9. The van der Waals surface area contributed by atoms with Crippen molar-refractivity contribution in [3.8, 4) is 0 Å². The molecule has 1 heterocycles. The van der Waals surface area contributed by atoms with Crippen molar-refractivity contribution in [1.29, 1.82) is 0 Å². The van der Waals surface area contributed by atoms with E-state index >= 15 is 0 Å². The van der Waals surface area contributed by atoms with E-state index in [1.54, 1.807) is 28.9 Å². The Labute approximate surface area is 210 Å². The van der Waals surface area contributed by atoms with E-state index < -0.39 is 6.04 Å². The van der Waals surface area contributed by atoms with E-state index in [9.17, 15) is 14.4 Å². The molecule has 35 heavy (non-hydrogen) atoms. The average molecular weight is 492 g/mol. The molecule has 0 fully saturated rings. The third kappa shape index (κ3) is 5.33. The number of carbonyl (C=O) groups is 3. The van der Waals surface area contributed by atoms with Gasteiger partial charge in [-0.05, 0) is 62.4 Å². The Bertz CT molecular complexity index is 1250. The summed E-state index contributed by atoms with van der Waals surface area (Å²) in [5, 5.41) is 5.51. The van der Waals surface area contributed by atoms with Gasteiger partial charge in [0.1, 0.15) is 6.04 Å². The largest absolute Gasteiger partial charge is 0.352 e. The zero-order valence-electron chi connectivity index (χ0n) is 20.3. The monoisotopic (exact) mass is 491 g/mol. The first-order valence-corrected chi connectivity index (χ1v) is 12.3. The van der Waals surface area contributed by atoms with Crippen molar-refractivity contribution in [2.24, 2.45) is 0 Å². The predicted molar refractivity (Wildman–Crippen MR) is 140 cm³/mol. The number of rotatable bonds is 9. The van der Waals surface area contributed by atoms with Crippen molar-refractivity contribution >= 4 is 45.8 Å². The van der Waals surface area contributed by atoms with Crippen LogP contribution in [0.3, 0.4) is 0 Å². The first kappa shape index (κ1) is 24.7. The smallest absolute Gasteiger partial charge is 0.258 e. The van der Waals surface area contributed by atoms with Crippen molar-refractivity contribution < 1.29 is 14.4 Å². The van der Waals surface area contributed by atoms with Crippen LogP contribution in [0.2, 0.25) is 5.02 Å². The molecule has 1 atom stereocenters. The lowest BCUT2D eigenvalue weighted by molar-refractivity contribution is -0.140. The van der Waals surface area contributed by atoms with Gasteiger partial charge in [0.2, 0.25) is 11.8 Å². The molecule has 0 unspecified atom stereocenters. The van der Waals surface area contributed by atoms with Gasteiger partial charge in [-0.15, -0.1) is 0 Å². The van der Waals surface area contributed by atoms with Gasteiger partial charge in [0, 0.05) is 41.5 Å². The van der Waals surface area contributed by atoms with Gasteiger partial charge in [-0.2, -0.15) is 0 Å². The fourth-order valence-corrected chi connectivity index (χ4v) is 4.63. The Morgan fingerprint density at radius 1 is 1.00 bits per heavy atom. The number of nitrogens with zero attached hydrogens (tertiary/aromatic N) is 2. The molecule has 6 nitrogen and oxygen atoms in total. The summed E-state index contributed by atoms with van der Waals surface area (Å²) >= 11 is 6.01. The van der Waals surface area contributed by atoms with Gasteiger partial charge < -0.3 is 15.1 Å². The van der Waals surface area contributed by atoms with Gasteiger partial charge in [0.05, 0.1) is 5.69 Å². The van der Waals surface area contributed by atoms with E-state index in [1.807, 2.05) is 62.4 Å². The quantitative estimate of drug-likeness (QED) is 0.448. The molecule has 0 spiro atoms. The maximum Gasteiger partial charge on any atom is 0.258 e. The van der Waals surface area contributed by atoms with E-state index in [0.717, 1.165) is 22.0 Å². The predicted octanol–water partition coefficient (Wildman–Crippen LogP) is 5.18. The Hall–Kier alpha value is -3.38. The molecule has 0 radical (unpaired) electrons. The molecule has 3 aromatic carbocycles. The van der Waals surface area contributed by atoms with Crippen LogP contribution in [0.5, 0.6) is 0 Å². The molecule has 1 aliphatic rings. The number of halogens is 1. The van der Waals surface area contributed by atoms with Crippen LogP contribution in [0.4, 0.5) is 5.69 Å². The summed E-state index contributed by atoms with van der Waals surface area (Å²) in [7, 11) is 0. The Morgan fingerprint density at radius 3 is 2.37 bits per heavy atom. The molecule has 0 saturated carbocycles. The molecule has 3 aromatic rings. The Balaban J connectivity index is 1.46. The molecule has 4 rings (SSSR count). The van der Waals surface area contributed by atoms with Gasteiger partial charge in [-0.25, -0.2) is 0 Å². The highest BCUT2D eigenvalue weighted by Crippen LogP contribution is 2.37. The zero-order chi connectivity index (χ0) is 25.1. The summed E-state index contributed by atoms with van der Waals surface area (Å²) < 4.78 is 0.